The third-order valence-corrected chi connectivity index (χ3v) is 5.52. The normalized spacial score (nSPS) is 14.4. The van der Waals surface area contributed by atoms with Crippen LogP contribution in [-0.2, 0) is 6.42 Å². The van der Waals surface area contributed by atoms with E-state index in [1.165, 1.54) is 0 Å². The van der Waals surface area contributed by atoms with E-state index in [-0.39, 0.29) is 30.6 Å². The minimum Gasteiger partial charge on any atom is -0.488 e. The van der Waals surface area contributed by atoms with E-state index in [4.69, 9.17) is 19.9 Å². The number of nitrogens with zero attached hydrogens (tertiary/aromatic N) is 2. The predicted molar refractivity (Wildman–Crippen MR) is 119 cm³/mol. The van der Waals surface area contributed by atoms with Crippen LogP contribution < -0.4 is 25.3 Å². The molecule has 0 bridgehead atoms. The number of fused-ring (bicyclic) bond motifs is 1. The van der Waals surface area contributed by atoms with Crippen LogP contribution in [-0.4, -0.2) is 40.5 Å². The van der Waals surface area contributed by atoms with Crippen molar-refractivity contribution in [2.45, 2.75) is 44.4 Å². The molecule has 2 atom stereocenters. The zero-order valence-electron chi connectivity index (χ0n) is 17.2. The van der Waals surface area contributed by atoms with Crippen LogP contribution in [0.25, 0.3) is 0 Å². The van der Waals surface area contributed by atoms with Crippen molar-refractivity contribution >= 4 is 24.4 Å². The maximum atomic E-state index is 9.67. The van der Waals surface area contributed by atoms with Gasteiger partial charge in [-0.2, -0.15) is 17.6 Å². The molecule has 8 nitrogen and oxygen atoms in total. The molecular weight excluding hydrogens is 404 g/mol. The van der Waals surface area contributed by atoms with Gasteiger partial charge in [0.05, 0.1) is 18.2 Å². The highest BCUT2D eigenvalue weighted by Gasteiger charge is 2.19. The molecule has 0 saturated heterocycles. The third kappa shape index (κ3) is 6.06. The van der Waals surface area contributed by atoms with Crippen molar-refractivity contribution in [3.05, 3.63) is 30.0 Å². The van der Waals surface area contributed by atoms with Crippen LogP contribution in [0.2, 0.25) is 0 Å². The minimum atomic E-state index is -0.271. The Morgan fingerprint density at radius 3 is 2.93 bits per heavy atom. The molecular formula is C21H30N4O4S. The zero-order chi connectivity index (χ0) is 21.3. The van der Waals surface area contributed by atoms with E-state index in [0.29, 0.717) is 18.2 Å². The first kappa shape index (κ1) is 22.3. The van der Waals surface area contributed by atoms with Gasteiger partial charge >= 0.3 is 0 Å². The van der Waals surface area contributed by atoms with Crippen LogP contribution in [0.1, 0.15) is 38.2 Å². The molecule has 0 amide bonds. The Balaban J connectivity index is 1.54. The monoisotopic (exact) mass is 434 g/mol. The molecule has 0 radical (unpaired) electrons. The number of unbranched alkanes of at least 4 members (excludes halogenated alkanes) is 1. The molecule has 1 aromatic carbocycles. The number of nitrogen functional groups attached to an aromatic ring is 1. The van der Waals surface area contributed by atoms with Crippen LogP contribution in [0.5, 0.6) is 17.2 Å². The molecule has 1 aliphatic rings. The van der Waals surface area contributed by atoms with E-state index < -0.39 is 0 Å². The van der Waals surface area contributed by atoms with Gasteiger partial charge in [0, 0.05) is 12.5 Å². The second-order valence-electron chi connectivity index (χ2n) is 7.25. The topological polar surface area (TPSA) is 112 Å². The minimum absolute atomic E-state index is 0.00308. The predicted octanol–water partition coefficient (Wildman–Crippen LogP) is 3.27. The first-order valence-corrected chi connectivity index (χ1v) is 10.8. The van der Waals surface area contributed by atoms with Gasteiger partial charge in [0.2, 0.25) is 12.7 Å². The van der Waals surface area contributed by atoms with E-state index in [1.54, 1.807) is 6.20 Å². The lowest BCUT2D eigenvalue weighted by atomic mass is 10.0. The Bertz CT molecular complexity index is 824. The molecule has 2 heterocycles. The smallest absolute Gasteiger partial charge is 0.231 e. The van der Waals surface area contributed by atoms with Crippen molar-refractivity contribution in [1.82, 2.24) is 9.97 Å². The number of aryl methyl sites for hydroxylation is 1. The Morgan fingerprint density at radius 1 is 1.30 bits per heavy atom. The number of aromatic nitrogens is 2. The van der Waals surface area contributed by atoms with Crippen LogP contribution >= 0.6 is 12.6 Å². The number of aliphatic hydroxyl groups is 1. The van der Waals surface area contributed by atoms with E-state index in [9.17, 15) is 5.11 Å². The van der Waals surface area contributed by atoms with Crippen LogP contribution in [0.3, 0.4) is 0 Å². The quantitative estimate of drug-likeness (QED) is 0.229. The standard InChI is InChI=1S/C21H30N4O4S/c1-2-3-6-15(12-26)20(30)24-19-18(11-23-21(22)25-19)27-9-4-5-14-7-8-16-17(10-14)29-13-28-16/h7-8,10-11,15,20,26,30H,2-6,9,12-13H2,1H3,(H3,22,23,24,25). The number of benzene rings is 1. The summed E-state index contributed by atoms with van der Waals surface area (Å²) in [6.45, 7) is 2.94. The molecule has 2 aromatic rings. The number of nitrogens with one attached hydrogen (secondary N) is 1. The number of nitrogens with two attached hydrogens (primary N) is 1. The molecule has 164 valence electrons. The second kappa shape index (κ2) is 11.1. The molecule has 4 N–H and O–H groups in total. The van der Waals surface area contributed by atoms with Crippen LogP contribution in [0.4, 0.5) is 11.8 Å². The first-order chi connectivity index (χ1) is 14.6. The summed E-state index contributed by atoms with van der Waals surface area (Å²) in [5.41, 5.74) is 6.91. The summed E-state index contributed by atoms with van der Waals surface area (Å²) in [6, 6.07) is 5.96. The highest BCUT2D eigenvalue weighted by molar-refractivity contribution is 7.81. The molecule has 1 aromatic heterocycles. The van der Waals surface area contributed by atoms with Gasteiger partial charge < -0.3 is 30.4 Å². The molecule has 0 fully saturated rings. The number of hydrogen-bond donors (Lipinski definition) is 4. The Labute approximate surface area is 182 Å². The molecule has 30 heavy (non-hydrogen) atoms. The van der Waals surface area contributed by atoms with E-state index >= 15 is 0 Å². The Kier molecular flexibility index (Phi) is 8.27. The molecule has 1 aliphatic heterocycles. The van der Waals surface area contributed by atoms with Gasteiger partial charge in [0.1, 0.15) is 0 Å². The number of anilines is 2. The van der Waals surface area contributed by atoms with Crippen molar-refractivity contribution < 1.29 is 19.3 Å². The summed E-state index contributed by atoms with van der Waals surface area (Å²) in [5.74, 6) is 2.73. The van der Waals surface area contributed by atoms with Gasteiger partial charge in [-0.1, -0.05) is 25.8 Å². The van der Waals surface area contributed by atoms with Crippen LogP contribution in [0.15, 0.2) is 24.4 Å². The molecule has 0 spiro atoms. The number of rotatable bonds is 12. The summed E-state index contributed by atoms with van der Waals surface area (Å²) in [6.07, 6.45) is 6.18. The molecule has 0 saturated carbocycles. The van der Waals surface area contributed by atoms with Gasteiger partial charge in [-0.3, -0.25) is 0 Å². The fraction of sp³-hybridized carbons (Fsp3) is 0.524. The van der Waals surface area contributed by atoms with E-state index in [2.05, 4.69) is 34.8 Å². The SMILES string of the molecule is CCCCC(CO)C(S)Nc1nc(N)ncc1OCCCc1ccc2c(c1)OCO2. The molecule has 2 unspecified atom stereocenters. The zero-order valence-corrected chi connectivity index (χ0v) is 18.1. The van der Waals surface area contributed by atoms with Gasteiger partial charge in [-0.25, -0.2) is 4.98 Å². The van der Waals surface area contributed by atoms with Crippen molar-refractivity contribution in [1.29, 1.82) is 0 Å². The van der Waals surface area contributed by atoms with E-state index in [0.717, 1.165) is 49.2 Å². The summed E-state index contributed by atoms with van der Waals surface area (Å²) >= 11 is 4.61. The Morgan fingerprint density at radius 2 is 2.13 bits per heavy atom. The maximum absolute atomic E-state index is 9.67. The summed E-state index contributed by atoms with van der Waals surface area (Å²) in [4.78, 5) is 8.29. The fourth-order valence-electron chi connectivity index (χ4n) is 3.22. The summed E-state index contributed by atoms with van der Waals surface area (Å²) in [5, 5.41) is 12.6. The lowest BCUT2D eigenvalue weighted by Gasteiger charge is -2.23. The van der Waals surface area contributed by atoms with Gasteiger partial charge in [0.15, 0.2) is 23.1 Å². The van der Waals surface area contributed by atoms with Crippen molar-refractivity contribution in [2.24, 2.45) is 5.92 Å². The van der Waals surface area contributed by atoms with Crippen molar-refractivity contribution in [3.8, 4) is 17.2 Å². The average molecular weight is 435 g/mol. The number of thiol groups is 1. The molecule has 0 aliphatic carbocycles. The van der Waals surface area contributed by atoms with Gasteiger partial charge in [-0.05, 0) is 37.0 Å². The Hall–Kier alpha value is -2.39. The largest absolute Gasteiger partial charge is 0.488 e. The highest BCUT2D eigenvalue weighted by atomic mass is 32.1. The van der Waals surface area contributed by atoms with Gasteiger partial charge in [-0.15, -0.1) is 0 Å². The molecule has 3 rings (SSSR count). The highest BCUT2D eigenvalue weighted by Crippen LogP contribution is 2.33. The lowest BCUT2D eigenvalue weighted by Crippen LogP contribution is -2.27. The van der Waals surface area contributed by atoms with Crippen LogP contribution in [0, 0.1) is 5.92 Å². The maximum Gasteiger partial charge on any atom is 0.231 e. The summed E-state index contributed by atoms with van der Waals surface area (Å²) < 4.78 is 16.7. The third-order valence-electron chi connectivity index (χ3n) is 4.97. The van der Waals surface area contributed by atoms with Crippen molar-refractivity contribution in [2.75, 3.05) is 31.1 Å². The lowest BCUT2D eigenvalue weighted by molar-refractivity contribution is 0.174. The average Bonchev–Trinajstić information content (AvgIpc) is 3.21. The van der Waals surface area contributed by atoms with E-state index in [1.807, 2.05) is 18.2 Å². The van der Waals surface area contributed by atoms with Crippen molar-refractivity contribution in [3.63, 3.8) is 0 Å². The molecule has 9 heteroatoms. The summed E-state index contributed by atoms with van der Waals surface area (Å²) in [7, 11) is 0. The number of hydrogen-bond acceptors (Lipinski definition) is 9. The number of aliphatic hydroxyl groups excluding tert-OH is 1. The van der Waals surface area contributed by atoms with Gasteiger partial charge in [0.25, 0.3) is 0 Å². The number of ether oxygens (including phenoxy) is 3. The fourth-order valence-corrected chi connectivity index (χ4v) is 3.59. The first-order valence-electron chi connectivity index (χ1n) is 10.3. The second-order valence-corrected chi connectivity index (χ2v) is 7.81.